The van der Waals surface area contributed by atoms with Crippen molar-refractivity contribution in [1.82, 2.24) is 0 Å². The van der Waals surface area contributed by atoms with Crippen molar-refractivity contribution in [3.8, 4) is 0 Å². The van der Waals surface area contributed by atoms with E-state index >= 15 is 0 Å². The van der Waals surface area contributed by atoms with E-state index in [-0.39, 0.29) is 11.6 Å². The van der Waals surface area contributed by atoms with Gasteiger partial charge in [0.25, 0.3) is 0 Å². The van der Waals surface area contributed by atoms with Gasteiger partial charge in [-0.25, -0.2) is 0 Å². The number of unbranched alkanes of at least 4 members (excludes halogenated alkanes) is 8. The molecule has 0 aliphatic carbocycles. The van der Waals surface area contributed by atoms with Gasteiger partial charge in [-0.15, -0.1) is 0 Å². The molecule has 0 aromatic rings. The van der Waals surface area contributed by atoms with Crippen LogP contribution in [0.5, 0.6) is 0 Å². The van der Waals surface area contributed by atoms with Crippen LogP contribution >= 0.6 is 0 Å². The molecule has 0 aliphatic rings. The number of ether oxygens (including phenoxy) is 2. The molecule has 0 amide bonds. The highest BCUT2D eigenvalue weighted by Crippen LogP contribution is 2.17. The Morgan fingerprint density at radius 2 is 0.828 bits per heavy atom. The Bertz CT molecular complexity index is 456. The number of hydrogen-bond acceptors (Lipinski definition) is 6. The van der Waals surface area contributed by atoms with Crippen LogP contribution in [-0.4, -0.2) is 36.7 Å². The first kappa shape index (κ1) is 27.3. The maximum Gasteiger partial charge on any atom is 0.316 e. The first-order valence-corrected chi connectivity index (χ1v) is 11.2. The number of carbonyl (C=O) groups is 4. The fourth-order valence-electron chi connectivity index (χ4n) is 3.39. The molecule has 2 atom stereocenters. The lowest BCUT2D eigenvalue weighted by molar-refractivity contribution is -0.153. The number of hydrogen-bond donors (Lipinski definition) is 0. The minimum absolute atomic E-state index is 0.113. The van der Waals surface area contributed by atoms with E-state index < -0.39 is 23.8 Å². The van der Waals surface area contributed by atoms with Gasteiger partial charge in [0.05, 0.1) is 13.2 Å². The van der Waals surface area contributed by atoms with Crippen LogP contribution in [0.15, 0.2) is 0 Å². The fraction of sp³-hybridized carbons (Fsp3) is 0.826. The molecule has 0 heterocycles. The number of esters is 2. The Hall–Kier alpha value is -1.72. The average Bonchev–Trinajstić information content (AvgIpc) is 2.65. The number of carbonyl (C=O) groups excluding carboxylic acids is 4. The third kappa shape index (κ3) is 13.2. The van der Waals surface area contributed by atoms with Crippen LogP contribution in [0.1, 0.15) is 98.3 Å². The Morgan fingerprint density at radius 1 is 0.552 bits per heavy atom. The topological polar surface area (TPSA) is 86.7 Å². The van der Waals surface area contributed by atoms with E-state index in [1.54, 1.807) is 13.8 Å². The summed E-state index contributed by atoms with van der Waals surface area (Å²) >= 11 is 0. The lowest BCUT2D eigenvalue weighted by atomic mass is 9.96. The van der Waals surface area contributed by atoms with Crippen molar-refractivity contribution in [1.29, 1.82) is 0 Å². The molecular weight excluding hydrogens is 372 g/mol. The van der Waals surface area contributed by atoms with Crippen LogP contribution in [0.25, 0.3) is 0 Å². The van der Waals surface area contributed by atoms with Crippen molar-refractivity contribution >= 4 is 23.5 Å². The van der Waals surface area contributed by atoms with Gasteiger partial charge in [0.15, 0.2) is 0 Å². The standard InChI is InChI=1S/C23H40O6/c1-5-28-22(26)20(18(3)24)16-14-12-10-8-7-9-11-13-15-17-21(19(4)25)23(27)29-6-2/h20-21H,5-17H2,1-4H3. The molecule has 0 bridgehead atoms. The Kier molecular flexibility index (Phi) is 16.1. The molecule has 0 aliphatic heterocycles. The second-order valence-electron chi connectivity index (χ2n) is 7.59. The summed E-state index contributed by atoms with van der Waals surface area (Å²) < 4.78 is 9.91. The summed E-state index contributed by atoms with van der Waals surface area (Å²) in [5.41, 5.74) is 0. The van der Waals surface area contributed by atoms with Gasteiger partial charge in [0, 0.05) is 0 Å². The second kappa shape index (κ2) is 17.2. The van der Waals surface area contributed by atoms with Crippen molar-refractivity contribution in [3.05, 3.63) is 0 Å². The quantitative estimate of drug-likeness (QED) is 0.182. The van der Waals surface area contributed by atoms with Gasteiger partial charge < -0.3 is 9.47 Å². The van der Waals surface area contributed by atoms with Gasteiger partial charge in [-0.1, -0.05) is 57.8 Å². The summed E-state index contributed by atoms with van der Waals surface area (Å²) in [6.07, 6.45) is 10.6. The van der Waals surface area contributed by atoms with Gasteiger partial charge in [0.1, 0.15) is 23.4 Å². The van der Waals surface area contributed by atoms with Gasteiger partial charge in [-0.2, -0.15) is 0 Å². The van der Waals surface area contributed by atoms with Crippen LogP contribution in [0.3, 0.4) is 0 Å². The molecule has 0 spiro atoms. The van der Waals surface area contributed by atoms with Crippen LogP contribution < -0.4 is 0 Å². The van der Waals surface area contributed by atoms with E-state index in [4.69, 9.17) is 9.47 Å². The van der Waals surface area contributed by atoms with E-state index in [9.17, 15) is 19.2 Å². The highest BCUT2D eigenvalue weighted by atomic mass is 16.5. The predicted octanol–water partition coefficient (Wildman–Crippen LogP) is 4.81. The number of rotatable bonds is 18. The SMILES string of the molecule is CCOC(=O)C(CCCCCCCCCCCC(C(C)=O)C(=O)OCC)C(C)=O. The van der Waals surface area contributed by atoms with E-state index in [1.807, 2.05) is 0 Å². The third-order valence-electron chi connectivity index (χ3n) is 5.11. The molecule has 29 heavy (non-hydrogen) atoms. The summed E-state index contributed by atoms with van der Waals surface area (Å²) in [5.74, 6) is -2.23. The minimum Gasteiger partial charge on any atom is -0.465 e. The molecule has 0 aromatic heterocycles. The Morgan fingerprint density at radius 3 is 1.07 bits per heavy atom. The van der Waals surface area contributed by atoms with Crippen LogP contribution in [0, 0.1) is 11.8 Å². The van der Waals surface area contributed by atoms with Gasteiger partial charge in [-0.05, 0) is 40.5 Å². The molecule has 6 nitrogen and oxygen atoms in total. The summed E-state index contributed by atoms with van der Waals surface area (Å²) in [5, 5.41) is 0. The van der Waals surface area contributed by atoms with E-state index in [2.05, 4.69) is 0 Å². The Balaban J connectivity index is 3.73. The van der Waals surface area contributed by atoms with E-state index in [0.717, 1.165) is 57.8 Å². The van der Waals surface area contributed by atoms with Crippen molar-refractivity contribution < 1.29 is 28.7 Å². The first-order chi connectivity index (χ1) is 13.8. The van der Waals surface area contributed by atoms with Gasteiger partial charge in [0.2, 0.25) is 0 Å². The third-order valence-corrected chi connectivity index (χ3v) is 5.11. The van der Waals surface area contributed by atoms with Crippen molar-refractivity contribution in [2.24, 2.45) is 11.8 Å². The smallest absolute Gasteiger partial charge is 0.316 e. The molecule has 0 rings (SSSR count). The zero-order valence-electron chi connectivity index (χ0n) is 18.8. The summed E-state index contributed by atoms with van der Waals surface area (Å²) in [7, 11) is 0. The predicted molar refractivity (Wildman–Crippen MR) is 112 cm³/mol. The van der Waals surface area contributed by atoms with Crippen LogP contribution in [0.2, 0.25) is 0 Å². The minimum atomic E-state index is -0.608. The molecule has 0 N–H and O–H groups in total. The summed E-state index contributed by atoms with van der Waals surface area (Å²) in [6.45, 7) is 7.01. The van der Waals surface area contributed by atoms with Crippen molar-refractivity contribution in [3.63, 3.8) is 0 Å². The zero-order valence-corrected chi connectivity index (χ0v) is 18.8. The summed E-state index contributed by atoms with van der Waals surface area (Å²) in [4.78, 5) is 46.6. The molecule has 0 saturated heterocycles. The van der Waals surface area contributed by atoms with E-state index in [1.165, 1.54) is 13.8 Å². The van der Waals surface area contributed by atoms with Crippen LogP contribution in [-0.2, 0) is 28.7 Å². The number of ketones is 2. The maximum absolute atomic E-state index is 11.7. The molecule has 0 saturated carbocycles. The first-order valence-electron chi connectivity index (χ1n) is 11.2. The highest BCUT2D eigenvalue weighted by molar-refractivity contribution is 5.98. The van der Waals surface area contributed by atoms with Crippen molar-refractivity contribution in [2.45, 2.75) is 98.3 Å². The van der Waals surface area contributed by atoms with Gasteiger partial charge in [-0.3, -0.25) is 19.2 Å². The lowest BCUT2D eigenvalue weighted by Crippen LogP contribution is -2.24. The molecule has 0 fully saturated rings. The van der Waals surface area contributed by atoms with Crippen molar-refractivity contribution in [2.75, 3.05) is 13.2 Å². The molecule has 6 heteroatoms. The summed E-state index contributed by atoms with van der Waals surface area (Å²) in [6, 6.07) is 0. The van der Waals surface area contributed by atoms with Crippen LogP contribution in [0.4, 0.5) is 0 Å². The Labute approximate surface area is 176 Å². The normalized spacial score (nSPS) is 12.8. The molecule has 0 radical (unpaired) electrons. The number of Topliss-reactive ketones (excluding diaryl/α,β-unsaturated/α-hetero) is 2. The molecule has 2 unspecified atom stereocenters. The van der Waals surface area contributed by atoms with Gasteiger partial charge >= 0.3 is 11.9 Å². The average molecular weight is 413 g/mol. The molecule has 0 aromatic carbocycles. The molecular formula is C23H40O6. The molecule has 168 valence electrons. The fourth-order valence-corrected chi connectivity index (χ4v) is 3.39. The maximum atomic E-state index is 11.7. The second-order valence-corrected chi connectivity index (χ2v) is 7.59. The monoisotopic (exact) mass is 412 g/mol. The highest BCUT2D eigenvalue weighted by Gasteiger charge is 2.24. The largest absolute Gasteiger partial charge is 0.465 e. The van der Waals surface area contributed by atoms with E-state index in [0.29, 0.717) is 26.1 Å². The lowest BCUT2D eigenvalue weighted by Gasteiger charge is -2.12. The zero-order chi connectivity index (χ0) is 22.1.